The van der Waals surface area contributed by atoms with Gasteiger partial charge in [0.1, 0.15) is 0 Å². The molecule has 2 rings (SSSR count). The van der Waals surface area contributed by atoms with Crippen LogP contribution in [0.3, 0.4) is 0 Å². The molecule has 19 heavy (non-hydrogen) atoms. The Labute approximate surface area is 119 Å². The molecule has 1 atom stereocenters. The first-order valence-electron chi connectivity index (χ1n) is 6.71. The first kappa shape index (κ1) is 14.2. The summed E-state index contributed by atoms with van der Waals surface area (Å²) in [6.07, 6.45) is 5.69. The number of benzene rings is 1. The van der Waals surface area contributed by atoms with Crippen molar-refractivity contribution in [1.29, 1.82) is 0 Å². The molecule has 0 amide bonds. The Morgan fingerprint density at radius 2 is 2.32 bits per heavy atom. The smallest absolute Gasteiger partial charge is 0.0946 e. The van der Waals surface area contributed by atoms with E-state index in [1.54, 1.807) is 0 Å². The van der Waals surface area contributed by atoms with Crippen LogP contribution in [-0.4, -0.2) is 21.8 Å². The van der Waals surface area contributed by atoms with Crippen molar-refractivity contribution >= 4 is 11.8 Å². The van der Waals surface area contributed by atoms with E-state index in [0.29, 0.717) is 6.04 Å². The molecule has 0 radical (unpaired) electrons. The second kappa shape index (κ2) is 7.36. The third kappa shape index (κ3) is 4.40. The van der Waals surface area contributed by atoms with Gasteiger partial charge in [0.25, 0.3) is 0 Å². The molecule has 3 nitrogen and oxygen atoms in total. The van der Waals surface area contributed by atoms with Gasteiger partial charge in [0.15, 0.2) is 0 Å². The topological polar surface area (TPSA) is 29.9 Å². The summed E-state index contributed by atoms with van der Waals surface area (Å²) < 4.78 is 2.11. The molecule has 1 unspecified atom stereocenters. The first-order chi connectivity index (χ1) is 9.29. The summed E-state index contributed by atoms with van der Waals surface area (Å²) >= 11 is 1.89. The van der Waals surface area contributed by atoms with E-state index in [2.05, 4.69) is 53.0 Å². The molecule has 0 bridgehead atoms. The number of hydrogen-bond donors (Lipinski definition) is 1. The van der Waals surface area contributed by atoms with Crippen LogP contribution < -0.4 is 5.32 Å². The van der Waals surface area contributed by atoms with E-state index in [4.69, 9.17) is 0 Å². The van der Waals surface area contributed by atoms with Gasteiger partial charge in [-0.05, 0) is 31.2 Å². The minimum atomic E-state index is 0.416. The molecule has 1 heterocycles. The second-order valence-corrected chi connectivity index (χ2v) is 5.67. The van der Waals surface area contributed by atoms with Crippen LogP contribution in [0.2, 0.25) is 0 Å². The monoisotopic (exact) mass is 275 g/mol. The predicted octanol–water partition coefficient (Wildman–Crippen LogP) is 3.35. The minimum Gasteiger partial charge on any atom is -0.337 e. The normalized spacial score (nSPS) is 12.5. The zero-order valence-electron chi connectivity index (χ0n) is 11.5. The van der Waals surface area contributed by atoms with Gasteiger partial charge in [-0.1, -0.05) is 19.1 Å². The standard InChI is InChI=1S/C15H21N3S/c1-3-17-13(2)14-5-4-6-15(11-14)19-10-9-18-8-7-16-12-18/h4-8,11-13,17H,3,9-10H2,1-2H3. The van der Waals surface area contributed by atoms with Gasteiger partial charge in [-0.2, -0.15) is 0 Å². The van der Waals surface area contributed by atoms with Crippen LogP contribution in [0.15, 0.2) is 47.9 Å². The van der Waals surface area contributed by atoms with E-state index >= 15 is 0 Å². The molecule has 0 aliphatic carbocycles. The van der Waals surface area contributed by atoms with Crippen LogP contribution >= 0.6 is 11.8 Å². The van der Waals surface area contributed by atoms with Gasteiger partial charge in [-0.15, -0.1) is 11.8 Å². The van der Waals surface area contributed by atoms with Crippen LogP contribution in [0.25, 0.3) is 0 Å². The molecule has 102 valence electrons. The van der Waals surface area contributed by atoms with E-state index < -0.39 is 0 Å². The Hall–Kier alpha value is -1.26. The van der Waals surface area contributed by atoms with Gasteiger partial charge in [-0.25, -0.2) is 4.98 Å². The number of imidazole rings is 1. The van der Waals surface area contributed by atoms with Gasteiger partial charge < -0.3 is 9.88 Å². The Morgan fingerprint density at radius 1 is 1.42 bits per heavy atom. The highest BCUT2D eigenvalue weighted by Crippen LogP contribution is 2.22. The number of hydrogen-bond acceptors (Lipinski definition) is 3. The molecule has 1 aromatic heterocycles. The van der Waals surface area contributed by atoms with Crippen molar-refractivity contribution < 1.29 is 0 Å². The van der Waals surface area contributed by atoms with Crippen LogP contribution in [0.5, 0.6) is 0 Å². The molecule has 4 heteroatoms. The minimum absolute atomic E-state index is 0.416. The SMILES string of the molecule is CCNC(C)c1cccc(SCCn2ccnc2)c1. The molecular weight excluding hydrogens is 254 g/mol. The largest absolute Gasteiger partial charge is 0.337 e. The third-order valence-corrected chi connectivity index (χ3v) is 4.02. The Bertz CT molecular complexity index is 482. The van der Waals surface area contributed by atoms with Crippen molar-refractivity contribution in [2.24, 2.45) is 0 Å². The number of nitrogens with one attached hydrogen (secondary N) is 1. The predicted molar refractivity (Wildman–Crippen MR) is 81.5 cm³/mol. The molecule has 1 aromatic carbocycles. The summed E-state index contributed by atoms with van der Waals surface area (Å²) in [5.41, 5.74) is 1.36. The fourth-order valence-electron chi connectivity index (χ4n) is 1.99. The van der Waals surface area contributed by atoms with Crippen molar-refractivity contribution in [2.75, 3.05) is 12.3 Å². The van der Waals surface area contributed by atoms with E-state index in [1.165, 1.54) is 10.5 Å². The third-order valence-electron chi connectivity index (χ3n) is 3.05. The van der Waals surface area contributed by atoms with Gasteiger partial charge in [-0.3, -0.25) is 0 Å². The van der Waals surface area contributed by atoms with Crippen molar-refractivity contribution in [1.82, 2.24) is 14.9 Å². The fourth-order valence-corrected chi connectivity index (χ4v) is 2.92. The summed E-state index contributed by atoms with van der Waals surface area (Å²) in [6, 6.07) is 9.21. The van der Waals surface area contributed by atoms with Crippen LogP contribution in [-0.2, 0) is 6.54 Å². The first-order valence-corrected chi connectivity index (χ1v) is 7.70. The Balaban J connectivity index is 1.88. The van der Waals surface area contributed by atoms with E-state index in [1.807, 2.05) is 30.5 Å². The van der Waals surface area contributed by atoms with Crippen LogP contribution in [0.1, 0.15) is 25.5 Å². The summed E-state index contributed by atoms with van der Waals surface area (Å²) in [5.74, 6) is 1.06. The van der Waals surface area contributed by atoms with Crippen molar-refractivity contribution in [3.8, 4) is 0 Å². The lowest BCUT2D eigenvalue weighted by molar-refractivity contribution is 0.597. The molecule has 0 saturated carbocycles. The molecular formula is C15H21N3S. The fraction of sp³-hybridized carbons (Fsp3) is 0.400. The molecule has 0 saturated heterocycles. The Morgan fingerprint density at radius 3 is 3.05 bits per heavy atom. The number of thioether (sulfide) groups is 1. The average molecular weight is 275 g/mol. The molecule has 2 aromatic rings. The molecule has 0 spiro atoms. The zero-order chi connectivity index (χ0) is 13.5. The maximum absolute atomic E-state index is 4.05. The molecule has 0 aliphatic rings. The lowest BCUT2D eigenvalue weighted by Gasteiger charge is -2.13. The van der Waals surface area contributed by atoms with E-state index in [0.717, 1.165) is 18.8 Å². The average Bonchev–Trinajstić information content (AvgIpc) is 2.93. The van der Waals surface area contributed by atoms with Crippen molar-refractivity contribution in [3.05, 3.63) is 48.5 Å². The van der Waals surface area contributed by atoms with E-state index in [9.17, 15) is 0 Å². The van der Waals surface area contributed by atoms with Crippen molar-refractivity contribution in [3.63, 3.8) is 0 Å². The molecule has 0 aliphatic heterocycles. The van der Waals surface area contributed by atoms with Crippen LogP contribution in [0, 0.1) is 0 Å². The van der Waals surface area contributed by atoms with Gasteiger partial charge >= 0.3 is 0 Å². The second-order valence-electron chi connectivity index (χ2n) is 4.50. The van der Waals surface area contributed by atoms with Crippen LogP contribution in [0.4, 0.5) is 0 Å². The lowest BCUT2D eigenvalue weighted by atomic mass is 10.1. The maximum Gasteiger partial charge on any atom is 0.0946 e. The summed E-state index contributed by atoms with van der Waals surface area (Å²) in [5, 5.41) is 3.45. The van der Waals surface area contributed by atoms with Crippen molar-refractivity contribution in [2.45, 2.75) is 31.3 Å². The number of rotatable bonds is 7. The van der Waals surface area contributed by atoms with E-state index in [-0.39, 0.29) is 0 Å². The lowest BCUT2D eigenvalue weighted by Crippen LogP contribution is -2.17. The number of aryl methyl sites for hydroxylation is 1. The molecule has 0 fully saturated rings. The highest BCUT2D eigenvalue weighted by Gasteiger charge is 2.04. The Kier molecular flexibility index (Phi) is 5.48. The number of aromatic nitrogens is 2. The quantitative estimate of drug-likeness (QED) is 0.786. The van der Waals surface area contributed by atoms with Gasteiger partial charge in [0.05, 0.1) is 6.33 Å². The zero-order valence-corrected chi connectivity index (χ0v) is 12.4. The highest BCUT2D eigenvalue weighted by atomic mass is 32.2. The highest BCUT2D eigenvalue weighted by molar-refractivity contribution is 7.99. The number of nitrogens with zero attached hydrogens (tertiary/aromatic N) is 2. The summed E-state index contributed by atoms with van der Waals surface area (Å²) in [6.45, 7) is 6.34. The maximum atomic E-state index is 4.05. The van der Waals surface area contributed by atoms with Gasteiger partial charge in [0.2, 0.25) is 0 Å². The molecule has 1 N–H and O–H groups in total. The summed E-state index contributed by atoms with van der Waals surface area (Å²) in [7, 11) is 0. The van der Waals surface area contributed by atoms with Gasteiger partial charge in [0, 0.05) is 35.6 Å². The summed E-state index contributed by atoms with van der Waals surface area (Å²) in [4.78, 5) is 5.39.